The van der Waals surface area contributed by atoms with Crippen molar-refractivity contribution in [1.29, 1.82) is 0 Å². The van der Waals surface area contributed by atoms with Crippen molar-refractivity contribution in [2.75, 3.05) is 55.9 Å². The summed E-state index contributed by atoms with van der Waals surface area (Å²) in [5.74, 6) is 1.23. The first-order valence-corrected chi connectivity index (χ1v) is 10.5. The molecule has 0 heterocycles. The van der Waals surface area contributed by atoms with E-state index in [2.05, 4.69) is 39.8 Å². The van der Waals surface area contributed by atoms with Crippen LogP contribution >= 0.6 is 35.6 Å². The molecular formula is C19H35Cl3N4. The molecule has 1 rings (SSSR count). The normalized spacial score (nSPS) is 10.6. The number of halogens is 3. The third kappa shape index (κ3) is 12.2. The van der Waals surface area contributed by atoms with Crippen LogP contribution in [0.1, 0.15) is 31.2 Å². The Kier molecular flexibility index (Phi) is 18.0. The number of nitrogens with two attached hydrogens (primary N) is 1. The molecule has 1 aromatic rings. The Labute approximate surface area is 175 Å². The molecule has 7 heteroatoms. The van der Waals surface area contributed by atoms with Crippen LogP contribution in [0.2, 0.25) is 0 Å². The van der Waals surface area contributed by atoms with Gasteiger partial charge in [-0.05, 0) is 69.6 Å². The van der Waals surface area contributed by atoms with Crippen molar-refractivity contribution in [2.24, 2.45) is 5.73 Å². The van der Waals surface area contributed by atoms with Crippen molar-refractivity contribution in [1.82, 2.24) is 10.6 Å². The summed E-state index contributed by atoms with van der Waals surface area (Å²) in [7, 11) is 0. The zero-order valence-corrected chi connectivity index (χ0v) is 18.0. The van der Waals surface area contributed by atoms with Crippen LogP contribution in [0.3, 0.4) is 0 Å². The van der Waals surface area contributed by atoms with Crippen LogP contribution in [0.5, 0.6) is 0 Å². The third-order valence-corrected chi connectivity index (χ3v) is 4.44. The molecule has 0 bridgehead atoms. The van der Waals surface area contributed by atoms with Gasteiger partial charge in [-0.25, -0.2) is 0 Å². The van der Waals surface area contributed by atoms with Gasteiger partial charge in [-0.3, -0.25) is 0 Å². The maximum Gasteiger partial charge on any atom is 0.0399 e. The van der Waals surface area contributed by atoms with Gasteiger partial charge in [0.25, 0.3) is 0 Å². The number of rotatable bonds is 16. The largest absolute Gasteiger partial charge is 0.369 e. The van der Waals surface area contributed by atoms with E-state index < -0.39 is 0 Å². The molecule has 4 nitrogen and oxygen atoms in total. The fraction of sp³-hybridized carbons (Fsp3) is 0.684. The van der Waals surface area contributed by atoms with Crippen LogP contribution in [0.15, 0.2) is 24.3 Å². The first kappa shape index (κ1) is 25.8. The predicted octanol–water partition coefficient (Wildman–Crippen LogP) is 3.59. The Hall–Kier alpha value is -0.230. The van der Waals surface area contributed by atoms with Gasteiger partial charge in [0.2, 0.25) is 0 Å². The van der Waals surface area contributed by atoms with Gasteiger partial charge in [0.05, 0.1) is 0 Å². The quantitative estimate of drug-likeness (QED) is 0.280. The van der Waals surface area contributed by atoms with Crippen LogP contribution in [-0.2, 0) is 6.54 Å². The maximum absolute atomic E-state index is 5.86. The Morgan fingerprint density at radius 2 is 1.35 bits per heavy atom. The van der Waals surface area contributed by atoms with E-state index >= 15 is 0 Å². The van der Waals surface area contributed by atoms with Crippen LogP contribution in [0.25, 0.3) is 0 Å². The summed E-state index contributed by atoms with van der Waals surface area (Å²) < 4.78 is 0. The minimum absolute atomic E-state index is 0. The highest BCUT2D eigenvalue weighted by atomic mass is 35.5. The maximum atomic E-state index is 5.86. The van der Waals surface area contributed by atoms with Crippen molar-refractivity contribution < 1.29 is 0 Å². The molecule has 0 fully saturated rings. The van der Waals surface area contributed by atoms with E-state index in [9.17, 15) is 0 Å². The second-order valence-corrected chi connectivity index (χ2v) is 6.92. The zero-order valence-electron chi connectivity index (χ0n) is 15.7. The highest BCUT2D eigenvalue weighted by molar-refractivity contribution is 6.18. The summed E-state index contributed by atoms with van der Waals surface area (Å²) in [4.78, 5) is 2.22. The van der Waals surface area contributed by atoms with E-state index in [0.717, 1.165) is 52.2 Å². The van der Waals surface area contributed by atoms with E-state index in [4.69, 9.17) is 28.9 Å². The standard InChI is InChI=1S/C19H34Cl2N4.ClH/c20-9-15-25(16-10-21)19-7-5-18(6-8-19)17-24-14-4-3-13-23-12-2-1-11-22;/h5-8,23-24H,1-4,9-17,22H2;1H. The molecule has 0 saturated carbocycles. The van der Waals surface area contributed by atoms with Gasteiger partial charge < -0.3 is 21.3 Å². The molecule has 26 heavy (non-hydrogen) atoms. The highest BCUT2D eigenvalue weighted by Crippen LogP contribution is 2.15. The van der Waals surface area contributed by atoms with Gasteiger partial charge in [-0.15, -0.1) is 35.6 Å². The number of hydrogen-bond donors (Lipinski definition) is 3. The average Bonchev–Trinajstić information content (AvgIpc) is 2.64. The molecule has 0 aliphatic carbocycles. The Balaban J connectivity index is 0.00000625. The number of benzene rings is 1. The lowest BCUT2D eigenvalue weighted by atomic mass is 10.2. The number of nitrogens with one attached hydrogen (secondary N) is 2. The lowest BCUT2D eigenvalue weighted by Gasteiger charge is -2.23. The summed E-state index contributed by atoms with van der Waals surface area (Å²) in [6, 6.07) is 8.66. The molecule has 0 aliphatic heterocycles. The first-order valence-electron chi connectivity index (χ1n) is 9.39. The molecule has 0 aliphatic rings. The topological polar surface area (TPSA) is 53.3 Å². The number of anilines is 1. The molecule has 1 aromatic carbocycles. The summed E-state index contributed by atoms with van der Waals surface area (Å²) in [5, 5.41) is 6.97. The molecule has 152 valence electrons. The summed E-state index contributed by atoms with van der Waals surface area (Å²) in [6.07, 6.45) is 4.70. The molecule has 0 radical (unpaired) electrons. The van der Waals surface area contributed by atoms with E-state index in [-0.39, 0.29) is 12.4 Å². The van der Waals surface area contributed by atoms with E-state index in [1.165, 1.54) is 30.5 Å². The number of nitrogens with zero attached hydrogens (tertiary/aromatic N) is 1. The molecule has 0 amide bonds. The molecule has 4 N–H and O–H groups in total. The summed E-state index contributed by atoms with van der Waals surface area (Å²) in [5.41, 5.74) is 7.96. The van der Waals surface area contributed by atoms with Crippen molar-refractivity contribution in [2.45, 2.75) is 32.2 Å². The van der Waals surface area contributed by atoms with Crippen molar-refractivity contribution >= 4 is 41.3 Å². The average molecular weight is 426 g/mol. The molecule has 0 unspecified atom stereocenters. The van der Waals surface area contributed by atoms with Gasteiger partial charge >= 0.3 is 0 Å². The van der Waals surface area contributed by atoms with Crippen LogP contribution < -0.4 is 21.3 Å². The third-order valence-electron chi connectivity index (χ3n) is 4.10. The summed E-state index contributed by atoms with van der Waals surface area (Å²) in [6.45, 7) is 6.59. The van der Waals surface area contributed by atoms with E-state index in [1.807, 2.05) is 0 Å². The van der Waals surface area contributed by atoms with Crippen LogP contribution in [0, 0.1) is 0 Å². The SMILES string of the molecule is Cl.NCCCCNCCCCNCc1ccc(N(CCCl)CCCl)cc1. The molecule has 0 saturated heterocycles. The van der Waals surface area contributed by atoms with Crippen molar-refractivity contribution in [3.8, 4) is 0 Å². The lowest BCUT2D eigenvalue weighted by molar-refractivity contribution is 0.568. The second kappa shape index (κ2) is 18.1. The van der Waals surface area contributed by atoms with Gasteiger partial charge in [0, 0.05) is 37.1 Å². The van der Waals surface area contributed by atoms with Crippen LogP contribution in [0.4, 0.5) is 5.69 Å². The van der Waals surface area contributed by atoms with E-state index in [0.29, 0.717) is 11.8 Å². The monoisotopic (exact) mass is 424 g/mol. The smallest absolute Gasteiger partial charge is 0.0399 e. The van der Waals surface area contributed by atoms with Crippen molar-refractivity contribution in [3.05, 3.63) is 29.8 Å². The lowest BCUT2D eigenvalue weighted by Crippen LogP contribution is -2.27. The number of unbranched alkanes of at least 4 members (excludes halogenated alkanes) is 2. The number of alkyl halides is 2. The van der Waals surface area contributed by atoms with E-state index in [1.54, 1.807) is 0 Å². The van der Waals surface area contributed by atoms with Gasteiger partial charge in [-0.2, -0.15) is 0 Å². The molecule has 0 spiro atoms. The molecule has 0 aromatic heterocycles. The van der Waals surface area contributed by atoms with Gasteiger partial charge in [0.15, 0.2) is 0 Å². The number of hydrogen-bond acceptors (Lipinski definition) is 4. The second-order valence-electron chi connectivity index (χ2n) is 6.16. The minimum atomic E-state index is 0. The highest BCUT2D eigenvalue weighted by Gasteiger charge is 2.05. The van der Waals surface area contributed by atoms with Crippen LogP contribution in [-0.4, -0.2) is 51.0 Å². The predicted molar refractivity (Wildman–Crippen MR) is 119 cm³/mol. The Morgan fingerprint density at radius 3 is 1.88 bits per heavy atom. The zero-order chi connectivity index (χ0) is 18.2. The van der Waals surface area contributed by atoms with Crippen molar-refractivity contribution in [3.63, 3.8) is 0 Å². The summed E-state index contributed by atoms with van der Waals surface area (Å²) >= 11 is 11.7. The fourth-order valence-electron chi connectivity index (χ4n) is 2.65. The minimum Gasteiger partial charge on any atom is -0.369 e. The first-order chi connectivity index (χ1) is 12.3. The van der Waals surface area contributed by atoms with Gasteiger partial charge in [0.1, 0.15) is 0 Å². The Morgan fingerprint density at radius 1 is 0.808 bits per heavy atom. The Bertz CT molecular complexity index is 412. The molecular weight excluding hydrogens is 391 g/mol. The van der Waals surface area contributed by atoms with Gasteiger partial charge in [-0.1, -0.05) is 12.1 Å². The molecule has 0 atom stereocenters. The fourth-order valence-corrected chi connectivity index (χ4v) is 3.06.